The number of ether oxygens (including phenoxy) is 1. The molecule has 1 N–H and O–H groups in total. The lowest BCUT2D eigenvalue weighted by Crippen LogP contribution is -2.27. The number of hydrogen-bond acceptors (Lipinski definition) is 3. The first-order chi connectivity index (χ1) is 8.97. The molecule has 1 rings (SSSR count). The fourth-order valence-corrected chi connectivity index (χ4v) is 3.42. The van der Waals surface area contributed by atoms with Crippen LogP contribution in [-0.4, -0.2) is 28.2 Å². The SMILES string of the molecule is CCCCOCCNS(=O)(=O)c1ccc(Br)cc1Cl. The van der Waals surface area contributed by atoms with E-state index in [1.807, 2.05) is 0 Å². The number of rotatable bonds is 8. The topological polar surface area (TPSA) is 55.4 Å². The van der Waals surface area contributed by atoms with Crippen LogP contribution in [0.1, 0.15) is 19.8 Å². The highest BCUT2D eigenvalue weighted by Gasteiger charge is 2.17. The molecule has 0 aliphatic heterocycles. The maximum absolute atomic E-state index is 12.0. The second kappa shape index (κ2) is 8.21. The standard InChI is InChI=1S/C12H17BrClNO3S/c1-2-3-7-18-8-6-15-19(16,17)12-5-4-10(13)9-11(12)14/h4-5,9,15H,2-3,6-8H2,1H3. The van der Waals surface area contributed by atoms with Gasteiger partial charge in [-0.3, -0.25) is 0 Å². The summed E-state index contributed by atoms with van der Waals surface area (Å²) in [6.07, 6.45) is 2.03. The summed E-state index contributed by atoms with van der Waals surface area (Å²) in [6.45, 7) is 3.31. The van der Waals surface area contributed by atoms with Gasteiger partial charge < -0.3 is 4.74 Å². The molecule has 7 heteroatoms. The molecule has 0 aromatic heterocycles. The Bertz CT molecular complexity index is 508. The van der Waals surface area contributed by atoms with E-state index in [1.165, 1.54) is 6.07 Å². The summed E-state index contributed by atoms with van der Waals surface area (Å²) >= 11 is 9.15. The van der Waals surface area contributed by atoms with Gasteiger partial charge in [0, 0.05) is 17.6 Å². The van der Waals surface area contributed by atoms with Crippen molar-refractivity contribution < 1.29 is 13.2 Å². The second-order valence-corrected chi connectivity index (χ2v) is 7.00. The van der Waals surface area contributed by atoms with Gasteiger partial charge in [-0.05, 0) is 24.6 Å². The molecule has 4 nitrogen and oxygen atoms in total. The van der Waals surface area contributed by atoms with Gasteiger partial charge in [-0.25, -0.2) is 13.1 Å². The lowest BCUT2D eigenvalue weighted by atomic mass is 10.4. The minimum Gasteiger partial charge on any atom is -0.380 e. The van der Waals surface area contributed by atoms with Crippen LogP contribution in [0.4, 0.5) is 0 Å². The number of hydrogen-bond donors (Lipinski definition) is 1. The van der Waals surface area contributed by atoms with Crippen LogP contribution in [0.3, 0.4) is 0 Å². The monoisotopic (exact) mass is 369 g/mol. The largest absolute Gasteiger partial charge is 0.380 e. The van der Waals surface area contributed by atoms with Crippen molar-refractivity contribution in [1.82, 2.24) is 4.72 Å². The zero-order valence-electron chi connectivity index (χ0n) is 10.7. The van der Waals surface area contributed by atoms with Gasteiger partial charge in [0.25, 0.3) is 0 Å². The van der Waals surface area contributed by atoms with E-state index in [1.54, 1.807) is 12.1 Å². The molecule has 0 amide bonds. The van der Waals surface area contributed by atoms with Crippen molar-refractivity contribution in [1.29, 1.82) is 0 Å². The van der Waals surface area contributed by atoms with Gasteiger partial charge >= 0.3 is 0 Å². The number of halogens is 2. The summed E-state index contributed by atoms with van der Waals surface area (Å²) in [5, 5.41) is 0.189. The lowest BCUT2D eigenvalue weighted by Gasteiger charge is -2.09. The van der Waals surface area contributed by atoms with Crippen molar-refractivity contribution in [2.24, 2.45) is 0 Å². The zero-order chi connectivity index (χ0) is 14.3. The highest BCUT2D eigenvalue weighted by atomic mass is 79.9. The van der Waals surface area contributed by atoms with Gasteiger partial charge in [0.1, 0.15) is 4.90 Å². The van der Waals surface area contributed by atoms with E-state index in [9.17, 15) is 8.42 Å². The van der Waals surface area contributed by atoms with Crippen LogP contribution in [-0.2, 0) is 14.8 Å². The number of benzene rings is 1. The molecule has 0 unspecified atom stereocenters. The molecule has 0 heterocycles. The highest BCUT2D eigenvalue weighted by Crippen LogP contribution is 2.24. The molecule has 108 valence electrons. The molecule has 19 heavy (non-hydrogen) atoms. The van der Waals surface area contributed by atoms with Crippen LogP contribution in [0.2, 0.25) is 5.02 Å². The summed E-state index contributed by atoms with van der Waals surface area (Å²) < 4.78 is 32.5. The molecular formula is C12H17BrClNO3S. The third-order valence-electron chi connectivity index (χ3n) is 2.36. The van der Waals surface area contributed by atoms with Crippen LogP contribution in [0, 0.1) is 0 Å². The van der Waals surface area contributed by atoms with Crippen molar-refractivity contribution in [2.75, 3.05) is 19.8 Å². The van der Waals surface area contributed by atoms with Crippen molar-refractivity contribution in [3.63, 3.8) is 0 Å². The molecule has 0 saturated carbocycles. The predicted octanol–water partition coefficient (Wildman–Crippen LogP) is 3.20. The Kier molecular flexibility index (Phi) is 7.31. The Morgan fingerprint density at radius 1 is 1.37 bits per heavy atom. The number of nitrogens with one attached hydrogen (secondary N) is 1. The third kappa shape index (κ3) is 5.79. The summed E-state index contributed by atoms with van der Waals surface area (Å²) in [4.78, 5) is 0.0749. The van der Waals surface area contributed by atoms with Crippen molar-refractivity contribution in [3.05, 3.63) is 27.7 Å². The average molecular weight is 371 g/mol. The Labute approximate surface area is 127 Å². The van der Waals surface area contributed by atoms with E-state index in [-0.39, 0.29) is 16.5 Å². The molecule has 0 bridgehead atoms. The van der Waals surface area contributed by atoms with E-state index < -0.39 is 10.0 Å². The summed E-state index contributed by atoms with van der Waals surface area (Å²) in [7, 11) is -3.58. The van der Waals surface area contributed by atoms with Crippen LogP contribution in [0.25, 0.3) is 0 Å². The van der Waals surface area contributed by atoms with E-state index in [0.29, 0.717) is 13.2 Å². The number of sulfonamides is 1. The highest BCUT2D eigenvalue weighted by molar-refractivity contribution is 9.10. The van der Waals surface area contributed by atoms with Crippen molar-refractivity contribution in [2.45, 2.75) is 24.7 Å². The van der Waals surface area contributed by atoms with Gasteiger partial charge in [0.05, 0.1) is 11.6 Å². The Balaban J connectivity index is 2.52. The van der Waals surface area contributed by atoms with E-state index in [2.05, 4.69) is 27.6 Å². The minimum absolute atomic E-state index is 0.0749. The molecule has 1 aromatic rings. The normalized spacial score (nSPS) is 11.7. The molecule has 0 saturated heterocycles. The minimum atomic E-state index is -3.58. The zero-order valence-corrected chi connectivity index (χ0v) is 13.8. The smallest absolute Gasteiger partial charge is 0.242 e. The maximum Gasteiger partial charge on any atom is 0.242 e. The van der Waals surface area contributed by atoms with Gasteiger partial charge in [-0.15, -0.1) is 0 Å². The van der Waals surface area contributed by atoms with Crippen LogP contribution < -0.4 is 4.72 Å². The van der Waals surface area contributed by atoms with Gasteiger partial charge in [0.2, 0.25) is 10.0 Å². The molecular weight excluding hydrogens is 354 g/mol. The number of unbranched alkanes of at least 4 members (excludes halogenated alkanes) is 1. The first kappa shape index (κ1) is 16.9. The van der Waals surface area contributed by atoms with Crippen LogP contribution in [0.5, 0.6) is 0 Å². The van der Waals surface area contributed by atoms with Crippen molar-refractivity contribution in [3.8, 4) is 0 Å². The van der Waals surface area contributed by atoms with Crippen LogP contribution >= 0.6 is 27.5 Å². The first-order valence-corrected chi connectivity index (χ1v) is 8.65. The Hall–Kier alpha value is -0.140. The van der Waals surface area contributed by atoms with E-state index >= 15 is 0 Å². The summed E-state index contributed by atoms with van der Waals surface area (Å²) in [5.41, 5.74) is 0. The molecule has 0 atom stereocenters. The third-order valence-corrected chi connectivity index (χ3v) is 4.80. The van der Waals surface area contributed by atoms with Gasteiger partial charge in [-0.2, -0.15) is 0 Å². The average Bonchev–Trinajstić information content (AvgIpc) is 2.33. The molecule has 0 aliphatic carbocycles. The van der Waals surface area contributed by atoms with Crippen molar-refractivity contribution >= 4 is 37.6 Å². The lowest BCUT2D eigenvalue weighted by molar-refractivity contribution is 0.136. The van der Waals surface area contributed by atoms with Gasteiger partial charge in [0.15, 0.2) is 0 Å². The van der Waals surface area contributed by atoms with E-state index in [4.69, 9.17) is 16.3 Å². The maximum atomic E-state index is 12.0. The summed E-state index contributed by atoms with van der Waals surface area (Å²) in [6, 6.07) is 4.65. The Morgan fingerprint density at radius 2 is 2.11 bits per heavy atom. The fourth-order valence-electron chi connectivity index (χ4n) is 1.37. The molecule has 0 radical (unpaired) electrons. The fraction of sp³-hybridized carbons (Fsp3) is 0.500. The molecule has 0 fully saturated rings. The quantitative estimate of drug-likeness (QED) is 0.715. The second-order valence-electron chi connectivity index (χ2n) is 3.94. The molecule has 0 spiro atoms. The van der Waals surface area contributed by atoms with E-state index in [0.717, 1.165) is 17.3 Å². The Morgan fingerprint density at radius 3 is 2.74 bits per heavy atom. The van der Waals surface area contributed by atoms with Gasteiger partial charge in [-0.1, -0.05) is 40.9 Å². The molecule has 0 aliphatic rings. The molecule has 1 aromatic carbocycles. The first-order valence-electron chi connectivity index (χ1n) is 6.00. The predicted molar refractivity (Wildman–Crippen MR) is 80.1 cm³/mol. The summed E-state index contributed by atoms with van der Waals surface area (Å²) in [5.74, 6) is 0. The van der Waals surface area contributed by atoms with Crippen LogP contribution in [0.15, 0.2) is 27.6 Å².